The van der Waals surface area contributed by atoms with Crippen molar-refractivity contribution in [2.75, 3.05) is 20.1 Å². The van der Waals surface area contributed by atoms with Crippen LogP contribution in [-0.4, -0.2) is 53.7 Å². The summed E-state index contributed by atoms with van der Waals surface area (Å²) in [6, 6.07) is 5.23. The van der Waals surface area contributed by atoms with Gasteiger partial charge < -0.3 is 25.4 Å². The van der Waals surface area contributed by atoms with Crippen molar-refractivity contribution in [1.82, 2.24) is 15.5 Å². The van der Waals surface area contributed by atoms with Gasteiger partial charge in [0.05, 0.1) is 0 Å². The predicted octanol–water partition coefficient (Wildman–Crippen LogP) is 2.72. The van der Waals surface area contributed by atoms with E-state index >= 15 is 0 Å². The Morgan fingerprint density at radius 2 is 1.72 bits per heavy atom. The maximum atomic E-state index is 12.8. The van der Waals surface area contributed by atoms with Crippen LogP contribution in [0.4, 0.5) is 4.79 Å². The quantitative estimate of drug-likeness (QED) is 0.546. The van der Waals surface area contributed by atoms with Gasteiger partial charge in [-0.15, -0.1) is 0 Å². The first kappa shape index (κ1) is 24.3. The molecule has 0 aliphatic rings. The molecule has 0 saturated carbocycles. The summed E-state index contributed by atoms with van der Waals surface area (Å²) in [5.74, 6) is -0.700. The second-order valence-corrected chi connectivity index (χ2v) is 7.85. The Kier molecular flexibility index (Phi) is 9.44. The lowest BCUT2D eigenvalue weighted by Gasteiger charge is -2.28. The van der Waals surface area contributed by atoms with E-state index in [1.54, 1.807) is 32.9 Å². The highest BCUT2D eigenvalue weighted by molar-refractivity contribution is 5.90. The average Bonchev–Trinajstić information content (AvgIpc) is 2.63. The van der Waals surface area contributed by atoms with Crippen molar-refractivity contribution in [2.24, 2.45) is 0 Å². The van der Waals surface area contributed by atoms with E-state index in [2.05, 4.69) is 17.6 Å². The fourth-order valence-electron chi connectivity index (χ4n) is 2.62. The van der Waals surface area contributed by atoms with Crippen molar-refractivity contribution in [3.63, 3.8) is 0 Å². The summed E-state index contributed by atoms with van der Waals surface area (Å²) in [6.45, 7) is 7.46. The molecule has 3 amide bonds. The number of rotatable bonds is 9. The first-order valence-electron chi connectivity index (χ1n) is 9.84. The van der Waals surface area contributed by atoms with E-state index in [1.165, 1.54) is 24.1 Å². The molecule has 162 valence electrons. The number of nitrogens with one attached hydrogen (secondary N) is 2. The number of phenols is 1. The molecular weight excluding hydrogens is 374 g/mol. The molecule has 0 aromatic heterocycles. The number of hydrogen-bond acceptors (Lipinski definition) is 5. The number of amides is 3. The van der Waals surface area contributed by atoms with Crippen LogP contribution >= 0.6 is 0 Å². The van der Waals surface area contributed by atoms with Gasteiger partial charge in [-0.05, 0) is 44.9 Å². The minimum atomic E-state index is -0.884. The van der Waals surface area contributed by atoms with Gasteiger partial charge in [-0.3, -0.25) is 9.59 Å². The number of likely N-dealkylation sites (N-methyl/N-ethyl adjacent to an activating group) is 1. The molecule has 1 aromatic rings. The monoisotopic (exact) mass is 407 g/mol. The number of ether oxygens (including phenoxy) is 1. The Morgan fingerprint density at radius 1 is 1.10 bits per heavy atom. The van der Waals surface area contributed by atoms with Crippen molar-refractivity contribution >= 4 is 17.9 Å². The van der Waals surface area contributed by atoms with Crippen LogP contribution in [0.1, 0.15) is 58.6 Å². The van der Waals surface area contributed by atoms with Crippen LogP contribution in [-0.2, 0) is 14.3 Å². The van der Waals surface area contributed by atoms with Crippen LogP contribution in [0.25, 0.3) is 0 Å². The van der Waals surface area contributed by atoms with Gasteiger partial charge in [-0.1, -0.05) is 31.9 Å². The molecule has 8 nitrogen and oxygen atoms in total. The Labute approximate surface area is 172 Å². The Bertz CT molecular complexity index is 683. The molecule has 1 aromatic carbocycles. The number of aromatic hydroxyl groups is 1. The number of alkyl carbamates (subject to hydrolysis) is 1. The molecule has 0 radical (unpaired) electrons. The molecule has 29 heavy (non-hydrogen) atoms. The molecule has 3 N–H and O–H groups in total. The van der Waals surface area contributed by atoms with Gasteiger partial charge in [-0.25, -0.2) is 4.79 Å². The van der Waals surface area contributed by atoms with Crippen LogP contribution in [0.3, 0.4) is 0 Å². The fourth-order valence-corrected chi connectivity index (χ4v) is 2.62. The molecule has 0 bridgehead atoms. The SMILES string of the molecule is CCCCCNC(=O)C(c1ccc(O)cc1)N(C)C(=O)CNC(=O)OC(C)(C)C. The van der Waals surface area contributed by atoms with Crippen molar-refractivity contribution in [2.45, 2.75) is 58.6 Å². The summed E-state index contributed by atoms with van der Waals surface area (Å²) in [4.78, 5) is 38.5. The van der Waals surface area contributed by atoms with Gasteiger partial charge in [0.15, 0.2) is 0 Å². The van der Waals surface area contributed by atoms with Crippen LogP contribution < -0.4 is 10.6 Å². The smallest absolute Gasteiger partial charge is 0.408 e. The molecule has 1 atom stereocenters. The summed E-state index contributed by atoms with van der Waals surface area (Å²) < 4.78 is 5.12. The number of benzene rings is 1. The number of unbranched alkanes of at least 4 members (excludes halogenated alkanes) is 2. The highest BCUT2D eigenvalue weighted by Crippen LogP contribution is 2.22. The van der Waals surface area contributed by atoms with Gasteiger partial charge in [-0.2, -0.15) is 0 Å². The molecule has 0 heterocycles. The molecule has 8 heteroatoms. The van der Waals surface area contributed by atoms with Gasteiger partial charge in [0.2, 0.25) is 11.8 Å². The van der Waals surface area contributed by atoms with Crippen LogP contribution in [0.2, 0.25) is 0 Å². The van der Waals surface area contributed by atoms with Crippen molar-refractivity contribution < 1.29 is 24.2 Å². The molecule has 0 saturated heterocycles. The van der Waals surface area contributed by atoms with Gasteiger partial charge >= 0.3 is 6.09 Å². The minimum Gasteiger partial charge on any atom is -0.508 e. The largest absolute Gasteiger partial charge is 0.508 e. The normalized spacial score (nSPS) is 12.0. The first-order valence-corrected chi connectivity index (χ1v) is 9.84. The highest BCUT2D eigenvalue weighted by atomic mass is 16.6. The molecular formula is C21H33N3O5. The van der Waals surface area contributed by atoms with E-state index < -0.39 is 23.6 Å². The number of hydrogen-bond donors (Lipinski definition) is 3. The summed E-state index contributed by atoms with van der Waals surface area (Å²) in [6.07, 6.45) is 2.18. The number of phenolic OH excluding ortho intramolecular Hbond substituents is 1. The van der Waals surface area contributed by atoms with Crippen LogP contribution in [0.5, 0.6) is 5.75 Å². The van der Waals surface area contributed by atoms with Crippen molar-refractivity contribution in [3.05, 3.63) is 29.8 Å². The lowest BCUT2D eigenvalue weighted by atomic mass is 10.0. The third kappa shape index (κ3) is 8.85. The molecule has 0 aliphatic heterocycles. The lowest BCUT2D eigenvalue weighted by Crippen LogP contribution is -2.46. The van der Waals surface area contributed by atoms with E-state index in [4.69, 9.17) is 4.74 Å². The molecule has 0 fully saturated rings. The Morgan fingerprint density at radius 3 is 2.28 bits per heavy atom. The van der Waals surface area contributed by atoms with E-state index in [1.807, 2.05) is 0 Å². The van der Waals surface area contributed by atoms with Crippen molar-refractivity contribution in [1.29, 1.82) is 0 Å². The second kappa shape index (κ2) is 11.3. The zero-order chi connectivity index (χ0) is 22.0. The summed E-state index contributed by atoms with van der Waals surface area (Å²) >= 11 is 0. The second-order valence-electron chi connectivity index (χ2n) is 7.85. The Hall–Kier alpha value is -2.77. The number of nitrogens with zero attached hydrogens (tertiary/aromatic N) is 1. The van der Waals surface area contributed by atoms with Crippen LogP contribution in [0.15, 0.2) is 24.3 Å². The van der Waals surface area contributed by atoms with Gasteiger partial charge in [0.1, 0.15) is 23.9 Å². The molecule has 1 rings (SSSR count). The van der Waals surface area contributed by atoms with Gasteiger partial charge in [0.25, 0.3) is 0 Å². The first-order chi connectivity index (χ1) is 13.5. The zero-order valence-electron chi connectivity index (χ0n) is 17.9. The lowest BCUT2D eigenvalue weighted by molar-refractivity contribution is -0.138. The standard InChI is InChI=1S/C21H33N3O5/c1-6-7-8-13-22-19(27)18(15-9-11-16(25)12-10-15)24(5)17(26)14-23-20(28)29-21(2,3)4/h9-12,18,25H,6-8,13-14H2,1-5H3,(H,22,27)(H,23,28). The van der Waals surface area contributed by atoms with E-state index in [0.29, 0.717) is 12.1 Å². The zero-order valence-corrected chi connectivity index (χ0v) is 17.9. The fraction of sp³-hybridized carbons (Fsp3) is 0.571. The third-order valence-corrected chi connectivity index (χ3v) is 4.10. The highest BCUT2D eigenvalue weighted by Gasteiger charge is 2.29. The minimum absolute atomic E-state index is 0.0661. The predicted molar refractivity (Wildman–Crippen MR) is 110 cm³/mol. The third-order valence-electron chi connectivity index (χ3n) is 4.10. The van der Waals surface area contributed by atoms with Crippen molar-refractivity contribution in [3.8, 4) is 5.75 Å². The molecule has 0 aliphatic carbocycles. The molecule has 1 unspecified atom stereocenters. The average molecular weight is 408 g/mol. The van der Waals surface area contributed by atoms with E-state index in [-0.39, 0.29) is 18.2 Å². The summed E-state index contributed by atoms with van der Waals surface area (Å²) in [7, 11) is 1.50. The molecule has 0 spiro atoms. The Balaban J connectivity index is 2.84. The number of carbonyl (C=O) groups excluding carboxylic acids is 3. The summed E-state index contributed by atoms with van der Waals surface area (Å²) in [5, 5.41) is 14.8. The summed E-state index contributed by atoms with van der Waals surface area (Å²) in [5.41, 5.74) is -0.115. The van der Waals surface area contributed by atoms with Crippen LogP contribution in [0, 0.1) is 0 Å². The maximum absolute atomic E-state index is 12.8. The van der Waals surface area contributed by atoms with E-state index in [9.17, 15) is 19.5 Å². The number of carbonyl (C=O) groups is 3. The van der Waals surface area contributed by atoms with Gasteiger partial charge in [0, 0.05) is 13.6 Å². The van der Waals surface area contributed by atoms with E-state index in [0.717, 1.165) is 19.3 Å². The topological polar surface area (TPSA) is 108 Å². The maximum Gasteiger partial charge on any atom is 0.408 e.